The van der Waals surface area contributed by atoms with Crippen LogP contribution in [0.1, 0.15) is 46.1 Å². The van der Waals surface area contributed by atoms with Crippen LogP contribution in [0.5, 0.6) is 0 Å². The van der Waals surface area contributed by atoms with Crippen molar-refractivity contribution in [3.05, 3.63) is 94.6 Å². The number of hydrogen-bond acceptors (Lipinski definition) is 5. The van der Waals surface area contributed by atoms with E-state index in [1.165, 1.54) is 17.4 Å². The highest BCUT2D eigenvalue weighted by atomic mass is 32.1. The maximum absolute atomic E-state index is 13.4. The number of rotatable bonds is 5. The Morgan fingerprint density at radius 3 is 2.65 bits per heavy atom. The van der Waals surface area contributed by atoms with Crippen LogP contribution >= 0.6 is 11.3 Å². The molecule has 1 N–H and O–H groups in total. The molecule has 0 spiro atoms. The lowest BCUT2D eigenvalue weighted by molar-refractivity contribution is -0.137. The van der Waals surface area contributed by atoms with Crippen molar-refractivity contribution in [1.29, 1.82) is 0 Å². The van der Waals surface area contributed by atoms with Gasteiger partial charge in [-0.05, 0) is 62.2 Å². The van der Waals surface area contributed by atoms with E-state index in [0.29, 0.717) is 29.9 Å². The van der Waals surface area contributed by atoms with Crippen molar-refractivity contribution >= 4 is 28.1 Å². The second-order valence-corrected chi connectivity index (χ2v) is 9.97. The number of aryl methyl sites for hydroxylation is 1. The molecule has 2 aromatic carbocycles. The molecule has 9 heteroatoms. The molecule has 190 valence electrons. The molecule has 4 aromatic rings. The number of amides is 1. The Hall–Kier alpha value is -3.72. The van der Waals surface area contributed by atoms with Gasteiger partial charge in [0.25, 0.3) is 5.91 Å². The minimum Gasteiger partial charge on any atom is -0.338 e. The molecule has 1 atom stereocenters. The van der Waals surface area contributed by atoms with Gasteiger partial charge in [0.2, 0.25) is 0 Å². The van der Waals surface area contributed by atoms with E-state index in [9.17, 15) is 18.0 Å². The number of alkyl halides is 3. The zero-order chi connectivity index (χ0) is 26.0. The van der Waals surface area contributed by atoms with Crippen molar-refractivity contribution in [2.45, 2.75) is 31.9 Å². The van der Waals surface area contributed by atoms with E-state index in [-0.39, 0.29) is 11.8 Å². The number of hydrogen-bond donors (Lipinski definition) is 1. The molecule has 1 amide bonds. The van der Waals surface area contributed by atoms with Gasteiger partial charge in [0, 0.05) is 46.9 Å². The molecule has 1 saturated heterocycles. The molecule has 5 nitrogen and oxygen atoms in total. The molecular formula is C28H25F3N4OS. The minimum absolute atomic E-state index is 0.00282. The second kappa shape index (κ2) is 10.3. The van der Waals surface area contributed by atoms with Crippen LogP contribution in [0, 0.1) is 6.92 Å². The number of likely N-dealkylation sites (tertiary alicyclic amines) is 1. The summed E-state index contributed by atoms with van der Waals surface area (Å²) in [7, 11) is 0. The molecule has 3 heterocycles. The van der Waals surface area contributed by atoms with E-state index < -0.39 is 11.7 Å². The number of piperidine rings is 1. The van der Waals surface area contributed by atoms with Gasteiger partial charge in [-0.2, -0.15) is 13.2 Å². The minimum atomic E-state index is -4.41. The fraction of sp³-hybridized carbons (Fsp3) is 0.250. The Bertz CT molecular complexity index is 1420. The Kier molecular flexibility index (Phi) is 6.97. The van der Waals surface area contributed by atoms with E-state index in [1.54, 1.807) is 18.2 Å². The molecule has 1 aliphatic heterocycles. The third kappa shape index (κ3) is 5.83. The molecule has 0 radical (unpaired) electrons. The summed E-state index contributed by atoms with van der Waals surface area (Å²) in [5, 5.41) is 5.98. The summed E-state index contributed by atoms with van der Waals surface area (Å²) >= 11 is 1.51. The molecule has 1 fully saturated rings. The standard InChI is InChI=1S/C28H25F3N4OS/c1-18-17-37-27(32-18)33-23-10-3-7-20(15-23)26(36)35-13-5-8-21(16-35)25-12-4-11-24(34-25)19-6-2-9-22(14-19)28(29,30)31/h2-4,6-7,9-12,14-15,17,21H,5,8,13,16H2,1H3,(H,32,33)/t21-/m1/s1. The number of halogens is 3. The summed E-state index contributed by atoms with van der Waals surface area (Å²) in [5.41, 5.74) is 3.30. The zero-order valence-corrected chi connectivity index (χ0v) is 20.9. The van der Waals surface area contributed by atoms with Gasteiger partial charge >= 0.3 is 6.18 Å². The predicted molar refractivity (Wildman–Crippen MR) is 139 cm³/mol. The van der Waals surface area contributed by atoms with Crippen LogP contribution in [0.15, 0.2) is 72.1 Å². The lowest BCUT2D eigenvalue weighted by Crippen LogP contribution is -2.39. The van der Waals surface area contributed by atoms with Crippen LogP contribution in [-0.4, -0.2) is 33.9 Å². The molecule has 0 bridgehead atoms. The third-order valence-corrected chi connectivity index (χ3v) is 7.24. The first-order valence-electron chi connectivity index (χ1n) is 12.0. The molecule has 0 aliphatic carbocycles. The number of benzene rings is 2. The number of aromatic nitrogens is 2. The van der Waals surface area contributed by atoms with Gasteiger partial charge in [-0.15, -0.1) is 11.3 Å². The number of thiazole rings is 1. The number of anilines is 2. The molecule has 0 saturated carbocycles. The quantitative estimate of drug-likeness (QED) is 0.299. The average Bonchev–Trinajstić information content (AvgIpc) is 3.32. The maximum atomic E-state index is 13.4. The van der Waals surface area contributed by atoms with Crippen LogP contribution < -0.4 is 5.32 Å². The smallest absolute Gasteiger partial charge is 0.338 e. The van der Waals surface area contributed by atoms with E-state index in [4.69, 9.17) is 4.98 Å². The van der Waals surface area contributed by atoms with Gasteiger partial charge in [0.15, 0.2) is 5.13 Å². The normalized spacial score (nSPS) is 16.0. The van der Waals surface area contributed by atoms with Gasteiger partial charge in [-0.1, -0.05) is 24.3 Å². The highest BCUT2D eigenvalue weighted by Crippen LogP contribution is 2.33. The fourth-order valence-corrected chi connectivity index (χ4v) is 5.25. The largest absolute Gasteiger partial charge is 0.416 e. The number of nitrogens with one attached hydrogen (secondary N) is 1. The van der Waals surface area contributed by atoms with Crippen molar-refractivity contribution in [3.63, 3.8) is 0 Å². The lowest BCUT2D eigenvalue weighted by atomic mass is 9.93. The average molecular weight is 523 g/mol. The van der Waals surface area contributed by atoms with Gasteiger partial charge in [0.1, 0.15) is 0 Å². The van der Waals surface area contributed by atoms with Gasteiger partial charge in [0.05, 0.1) is 17.0 Å². The summed E-state index contributed by atoms with van der Waals surface area (Å²) in [6.45, 7) is 3.08. The van der Waals surface area contributed by atoms with Gasteiger partial charge in [-0.3, -0.25) is 9.78 Å². The summed E-state index contributed by atoms with van der Waals surface area (Å²) in [6, 6.07) is 18.0. The Balaban J connectivity index is 1.32. The van der Waals surface area contributed by atoms with Crippen molar-refractivity contribution < 1.29 is 18.0 Å². The molecule has 0 unspecified atom stereocenters. The lowest BCUT2D eigenvalue weighted by Gasteiger charge is -2.33. The van der Waals surface area contributed by atoms with E-state index >= 15 is 0 Å². The highest BCUT2D eigenvalue weighted by molar-refractivity contribution is 7.13. The number of nitrogens with zero attached hydrogens (tertiary/aromatic N) is 3. The van der Waals surface area contributed by atoms with Gasteiger partial charge < -0.3 is 10.2 Å². The molecule has 2 aromatic heterocycles. The van der Waals surface area contributed by atoms with Crippen LogP contribution in [0.3, 0.4) is 0 Å². The highest BCUT2D eigenvalue weighted by Gasteiger charge is 2.31. The number of pyridine rings is 1. The van der Waals surface area contributed by atoms with E-state index in [1.807, 2.05) is 47.5 Å². The Morgan fingerprint density at radius 1 is 1.05 bits per heavy atom. The molecular weight excluding hydrogens is 497 g/mol. The first-order chi connectivity index (χ1) is 17.8. The van der Waals surface area contributed by atoms with Crippen molar-refractivity contribution in [1.82, 2.24) is 14.9 Å². The Morgan fingerprint density at radius 2 is 1.86 bits per heavy atom. The first-order valence-corrected chi connectivity index (χ1v) is 12.9. The van der Waals surface area contributed by atoms with E-state index in [2.05, 4.69) is 10.3 Å². The van der Waals surface area contributed by atoms with Gasteiger partial charge in [-0.25, -0.2) is 4.98 Å². The monoisotopic (exact) mass is 522 g/mol. The number of carbonyl (C=O) groups is 1. The van der Waals surface area contributed by atoms with Crippen LogP contribution in [-0.2, 0) is 6.18 Å². The van der Waals surface area contributed by atoms with Crippen LogP contribution in [0.4, 0.5) is 24.0 Å². The summed E-state index contributed by atoms with van der Waals surface area (Å²) in [4.78, 5) is 24.3. The summed E-state index contributed by atoms with van der Waals surface area (Å²) in [6.07, 6.45) is -2.74. The van der Waals surface area contributed by atoms with Crippen molar-refractivity contribution in [2.24, 2.45) is 0 Å². The van der Waals surface area contributed by atoms with E-state index in [0.717, 1.165) is 47.2 Å². The fourth-order valence-electron chi connectivity index (χ4n) is 4.54. The van der Waals surface area contributed by atoms with Crippen molar-refractivity contribution in [3.8, 4) is 11.3 Å². The van der Waals surface area contributed by atoms with Crippen LogP contribution in [0.2, 0.25) is 0 Å². The Labute approximate surface area is 217 Å². The predicted octanol–water partition coefficient (Wildman–Crippen LogP) is 7.30. The maximum Gasteiger partial charge on any atom is 0.416 e. The number of carbonyl (C=O) groups excluding carboxylic acids is 1. The molecule has 37 heavy (non-hydrogen) atoms. The third-order valence-electron chi connectivity index (χ3n) is 6.36. The SMILES string of the molecule is Cc1csc(Nc2cccc(C(=O)N3CCC[C@@H](c4cccc(-c5cccc(C(F)(F)F)c5)n4)C3)c2)n1. The second-order valence-electron chi connectivity index (χ2n) is 9.12. The summed E-state index contributed by atoms with van der Waals surface area (Å²) < 4.78 is 39.5. The summed E-state index contributed by atoms with van der Waals surface area (Å²) in [5.74, 6) is -0.0549. The van der Waals surface area contributed by atoms with Crippen molar-refractivity contribution in [2.75, 3.05) is 18.4 Å². The topological polar surface area (TPSA) is 58.1 Å². The molecule has 1 aliphatic rings. The molecule has 5 rings (SSSR count). The first kappa shape index (κ1) is 25.0. The van der Waals surface area contributed by atoms with Crippen LogP contribution in [0.25, 0.3) is 11.3 Å². The zero-order valence-electron chi connectivity index (χ0n) is 20.1.